The van der Waals surface area contributed by atoms with E-state index in [1.807, 2.05) is 6.92 Å². The van der Waals surface area contributed by atoms with Crippen LogP contribution in [0.2, 0.25) is 0 Å². The molecule has 0 aliphatic carbocycles. The van der Waals surface area contributed by atoms with Crippen LogP contribution in [0.3, 0.4) is 0 Å². The molecule has 1 aliphatic heterocycles. The van der Waals surface area contributed by atoms with Crippen LogP contribution in [0.25, 0.3) is 0 Å². The minimum absolute atomic E-state index is 0.161. The smallest absolute Gasteiger partial charge is 0.0550 e. The third kappa shape index (κ3) is 1.96. The fourth-order valence-corrected chi connectivity index (χ4v) is 1.47. The Balaban J connectivity index is 2.32. The summed E-state index contributed by atoms with van der Waals surface area (Å²) in [6.07, 6.45) is 2.21. The second-order valence-corrected chi connectivity index (χ2v) is 3.21. The molecule has 0 spiro atoms. The molecule has 0 amide bonds. The van der Waals surface area contributed by atoms with Crippen LogP contribution in [-0.2, 0) is 4.74 Å². The van der Waals surface area contributed by atoms with Crippen molar-refractivity contribution in [2.45, 2.75) is 38.9 Å². The predicted molar refractivity (Wildman–Crippen MR) is 39.8 cm³/mol. The van der Waals surface area contributed by atoms with Crippen LogP contribution >= 0.6 is 0 Å². The van der Waals surface area contributed by atoms with Crippen LogP contribution in [0.1, 0.15) is 26.7 Å². The average Bonchev–Trinajstić information content (AvgIpc) is 1.88. The Morgan fingerprint density at radius 3 is 2.70 bits per heavy atom. The van der Waals surface area contributed by atoms with Gasteiger partial charge >= 0.3 is 0 Å². The lowest BCUT2D eigenvalue weighted by Gasteiger charge is -2.28. The molecule has 0 aromatic heterocycles. The third-order valence-corrected chi connectivity index (χ3v) is 2.21. The summed E-state index contributed by atoms with van der Waals surface area (Å²) in [7, 11) is 0. The lowest BCUT2D eigenvalue weighted by molar-refractivity contribution is -0.0305. The quantitative estimate of drug-likeness (QED) is 0.599. The summed E-state index contributed by atoms with van der Waals surface area (Å²) in [5, 5.41) is 9.24. The van der Waals surface area contributed by atoms with Crippen LogP contribution in [0.5, 0.6) is 0 Å². The van der Waals surface area contributed by atoms with Gasteiger partial charge in [0.2, 0.25) is 0 Å². The Labute approximate surface area is 62.2 Å². The van der Waals surface area contributed by atoms with Gasteiger partial charge in [0.25, 0.3) is 0 Å². The van der Waals surface area contributed by atoms with Crippen molar-refractivity contribution in [1.82, 2.24) is 0 Å². The highest BCUT2D eigenvalue weighted by Crippen LogP contribution is 2.22. The van der Waals surface area contributed by atoms with Gasteiger partial charge in [-0.3, -0.25) is 0 Å². The fraction of sp³-hybridized carbons (Fsp3) is 1.00. The fourth-order valence-electron chi connectivity index (χ4n) is 1.47. The van der Waals surface area contributed by atoms with Crippen LogP contribution < -0.4 is 0 Å². The lowest BCUT2D eigenvalue weighted by Crippen LogP contribution is -2.29. The molecule has 0 aromatic rings. The second-order valence-electron chi connectivity index (χ2n) is 3.21. The zero-order valence-electron chi connectivity index (χ0n) is 6.71. The van der Waals surface area contributed by atoms with E-state index < -0.39 is 0 Å². The summed E-state index contributed by atoms with van der Waals surface area (Å²) >= 11 is 0. The molecule has 2 nitrogen and oxygen atoms in total. The highest BCUT2D eigenvalue weighted by molar-refractivity contribution is 4.72. The zero-order valence-corrected chi connectivity index (χ0v) is 6.71. The monoisotopic (exact) mass is 144 g/mol. The molecule has 1 aliphatic rings. The maximum absolute atomic E-state index is 9.24. The molecule has 0 saturated carbocycles. The van der Waals surface area contributed by atoms with Crippen LogP contribution in [0, 0.1) is 5.92 Å². The van der Waals surface area contributed by atoms with Gasteiger partial charge < -0.3 is 9.84 Å². The Morgan fingerprint density at radius 1 is 1.60 bits per heavy atom. The summed E-state index contributed by atoms with van der Waals surface area (Å²) in [4.78, 5) is 0. The summed E-state index contributed by atoms with van der Waals surface area (Å²) in [6, 6.07) is 0. The van der Waals surface area contributed by atoms with E-state index in [-0.39, 0.29) is 6.10 Å². The van der Waals surface area contributed by atoms with E-state index in [1.165, 1.54) is 0 Å². The summed E-state index contributed by atoms with van der Waals surface area (Å²) in [5.41, 5.74) is 0. The summed E-state index contributed by atoms with van der Waals surface area (Å²) in [6.45, 7) is 4.74. The van der Waals surface area contributed by atoms with Crippen molar-refractivity contribution in [3.8, 4) is 0 Å². The lowest BCUT2D eigenvalue weighted by atomic mass is 9.92. The normalized spacial score (nSPS) is 37.5. The van der Waals surface area contributed by atoms with Gasteiger partial charge in [-0.25, -0.2) is 0 Å². The number of hydrogen-bond donors (Lipinski definition) is 1. The van der Waals surface area contributed by atoms with Crippen LogP contribution in [0.15, 0.2) is 0 Å². The maximum Gasteiger partial charge on any atom is 0.0550 e. The predicted octanol–water partition coefficient (Wildman–Crippen LogP) is 1.18. The summed E-state index contributed by atoms with van der Waals surface area (Å²) in [5.74, 6) is 0.462. The van der Waals surface area contributed by atoms with Gasteiger partial charge in [0.15, 0.2) is 0 Å². The van der Waals surface area contributed by atoms with Gasteiger partial charge in [-0.05, 0) is 32.6 Å². The zero-order chi connectivity index (χ0) is 7.56. The van der Waals surface area contributed by atoms with E-state index in [1.54, 1.807) is 0 Å². The van der Waals surface area contributed by atoms with Crippen LogP contribution in [0.4, 0.5) is 0 Å². The molecular weight excluding hydrogens is 128 g/mol. The Morgan fingerprint density at radius 2 is 2.30 bits per heavy atom. The first-order chi connectivity index (χ1) is 4.70. The average molecular weight is 144 g/mol. The molecule has 3 atom stereocenters. The topological polar surface area (TPSA) is 29.5 Å². The van der Waals surface area contributed by atoms with Crippen molar-refractivity contribution >= 4 is 0 Å². The van der Waals surface area contributed by atoms with Crippen molar-refractivity contribution in [3.05, 3.63) is 0 Å². The van der Waals surface area contributed by atoms with Crippen molar-refractivity contribution in [2.75, 3.05) is 6.61 Å². The van der Waals surface area contributed by atoms with Crippen molar-refractivity contribution in [2.24, 2.45) is 5.92 Å². The summed E-state index contributed by atoms with van der Waals surface area (Å²) < 4.78 is 5.35. The molecule has 0 radical (unpaired) electrons. The molecule has 1 N–H and O–H groups in total. The van der Waals surface area contributed by atoms with E-state index >= 15 is 0 Å². The standard InChI is InChI=1S/C8H16O2/c1-6-5-8(7(2)9)3-4-10-6/h6-9H,3-5H2,1-2H3/t6-,7+,8+/m1/s1. The van der Waals surface area contributed by atoms with Crippen molar-refractivity contribution < 1.29 is 9.84 Å². The number of hydrogen-bond acceptors (Lipinski definition) is 2. The second kappa shape index (κ2) is 3.35. The van der Waals surface area contributed by atoms with E-state index in [0.29, 0.717) is 12.0 Å². The minimum atomic E-state index is -0.161. The van der Waals surface area contributed by atoms with Gasteiger partial charge in [-0.2, -0.15) is 0 Å². The molecule has 0 unspecified atom stereocenters. The van der Waals surface area contributed by atoms with Crippen molar-refractivity contribution in [1.29, 1.82) is 0 Å². The van der Waals surface area contributed by atoms with Crippen LogP contribution in [-0.4, -0.2) is 23.9 Å². The molecular formula is C8H16O2. The van der Waals surface area contributed by atoms with E-state index in [2.05, 4.69) is 6.92 Å². The maximum atomic E-state index is 9.24. The highest BCUT2D eigenvalue weighted by atomic mass is 16.5. The molecule has 10 heavy (non-hydrogen) atoms. The Bertz CT molecular complexity index is 101. The van der Waals surface area contributed by atoms with Gasteiger partial charge in [0.1, 0.15) is 0 Å². The first-order valence-electron chi connectivity index (χ1n) is 4.00. The third-order valence-electron chi connectivity index (χ3n) is 2.21. The first kappa shape index (κ1) is 8.02. The van der Waals surface area contributed by atoms with E-state index in [9.17, 15) is 5.11 Å². The van der Waals surface area contributed by atoms with Gasteiger partial charge in [-0.1, -0.05) is 0 Å². The van der Waals surface area contributed by atoms with Gasteiger partial charge in [0, 0.05) is 6.61 Å². The Hall–Kier alpha value is -0.0800. The largest absolute Gasteiger partial charge is 0.393 e. The van der Waals surface area contributed by atoms with Crippen molar-refractivity contribution in [3.63, 3.8) is 0 Å². The highest BCUT2D eigenvalue weighted by Gasteiger charge is 2.22. The molecule has 0 bridgehead atoms. The molecule has 60 valence electrons. The number of ether oxygens (including phenoxy) is 1. The van der Waals surface area contributed by atoms with Gasteiger partial charge in [0.05, 0.1) is 12.2 Å². The molecule has 1 saturated heterocycles. The molecule has 0 aromatic carbocycles. The molecule has 1 rings (SSSR count). The SMILES string of the molecule is C[C@@H]1C[C@@H]([C@H](C)O)CCO1. The van der Waals surface area contributed by atoms with E-state index in [4.69, 9.17) is 4.74 Å². The number of aliphatic hydroxyl groups excluding tert-OH is 1. The van der Waals surface area contributed by atoms with E-state index in [0.717, 1.165) is 19.4 Å². The first-order valence-corrected chi connectivity index (χ1v) is 4.00. The van der Waals surface area contributed by atoms with Gasteiger partial charge in [-0.15, -0.1) is 0 Å². The number of aliphatic hydroxyl groups is 1. The number of rotatable bonds is 1. The molecule has 1 heterocycles. The Kier molecular flexibility index (Phi) is 2.69. The molecule has 2 heteroatoms. The minimum Gasteiger partial charge on any atom is -0.393 e. The molecule has 1 fully saturated rings.